The van der Waals surface area contributed by atoms with Crippen molar-refractivity contribution in [2.45, 2.75) is 18.4 Å². The Balaban J connectivity index is 1.54. The smallest absolute Gasteiger partial charge is 0.280 e. The number of rotatable bonds is 5. The molecule has 0 saturated carbocycles. The van der Waals surface area contributed by atoms with Gasteiger partial charge in [-0.05, 0) is 31.7 Å². The van der Waals surface area contributed by atoms with Crippen LogP contribution in [0.2, 0.25) is 0 Å². The summed E-state index contributed by atoms with van der Waals surface area (Å²) in [6.45, 7) is 0.224. The summed E-state index contributed by atoms with van der Waals surface area (Å²) < 4.78 is 37.8. The first-order chi connectivity index (χ1) is 16.3. The lowest BCUT2D eigenvalue weighted by atomic mass is 10.0. The molecule has 1 amide bonds. The number of likely N-dealkylation sites (tertiary alicyclic amines) is 1. The Morgan fingerprint density at radius 1 is 1.29 bits per heavy atom. The highest BCUT2D eigenvalue weighted by Gasteiger charge is 2.44. The van der Waals surface area contributed by atoms with Crippen molar-refractivity contribution in [2.24, 2.45) is 0 Å². The number of nitrogens with one attached hydrogen (secondary N) is 2. The van der Waals surface area contributed by atoms with Crippen LogP contribution < -0.4 is 15.4 Å². The van der Waals surface area contributed by atoms with E-state index in [1.807, 2.05) is 12.1 Å². The summed E-state index contributed by atoms with van der Waals surface area (Å²) in [7, 11) is 4.70. The van der Waals surface area contributed by atoms with E-state index in [0.29, 0.717) is 23.4 Å². The number of anilines is 1. The molecule has 4 aromatic rings. The summed E-state index contributed by atoms with van der Waals surface area (Å²) in [5.74, 6) is -2.87. The van der Waals surface area contributed by atoms with Gasteiger partial charge in [0.1, 0.15) is 16.9 Å². The lowest BCUT2D eigenvalue weighted by Crippen LogP contribution is -2.53. The zero-order valence-electron chi connectivity index (χ0n) is 18.9. The van der Waals surface area contributed by atoms with Crippen LogP contribution in [-0.4, -0.2) is 81.0 Å². The molecule has 5 rings (SSSR count). The molecule has 34 heavy (non-hydrogen) atoms. The van der Waals surface area contributed by atoms with Crippen molar-refractivity contribution < 1.29 is 18.3 Å². The molecule has 4 aromatic heterocycles. The summed E-state index contributed by atoms with van der Waals surface area (Å²) >= 11 is 0. The number of ether oxygens (including phenoxy) is 1. The number of hydrogen-bond donors (Lipinski definition) is 2. The number of amides is 1. The first kappa shape index (κ1) is 22.0. The van der Waals surface area contributed by atoms with E-state index in [-0.39, 0.29) is 30.7 Å². The zero-order valence-corrected chi connectivity index (χ0v) is 18.9. The van der Waals surface area contributed by atoms with Crippen LogP contribution >= 0.6 is 0 Å². The number of fused-ring (bicyclic) bond motifs is 2. The van der Waals surface area contributed by atoms with Crippen LogP contribution in [0.25, 0.3) is 22.3 Å². The van der Waals surface area contributed by atoms with E-state index in [4.69, 9.17) is 4.74 Å². The van der Waals surface area contributed by atoms with Crippen LogP contribution in [0.3, 0.4) is 0 Å². The number of carbonyl (C=O) groups is 1. The van der Waals surface area contributed by atoms with Gasteiger partial charge in [-0.15, -0.1) is 5.10 Å². The number of hydrogen-bond acceptors (Lipinski definition) is 7. The van der Waals surface area contributed by atoms with Crippen molar-refractivity contribution in [3.05, 3.63) is 42.5 Å². The Bertz CT molecular complexity index is 1380. The van der Waals surface area contributed by atoms with Crippen LogP contribution in [0.5, 0.6) is 5.88 Å². The van der Waals surface area contributed by atoms with Gasteiger partial charge in [-0.25, -0.2) is 18.3 Å². The lowest BCUT2D eigenvalue weighted by Gasteiger charge is -2.36. The van der Waals surface area contributed by atoms with Gasteiger partial charge in [0.15, 0.2) is 0 Å². The summed E-state index contributed by atoms with van der Waals surface area (Å²) in [6, 6.07) is 4.43. The van der Waals surface area contributed by atoms with Gasteiger partial charge in [-0.3, -0.25) is 9.20 Å². The highest BCUT2D eigenvalue weighted by Crippen LogP contribution is 2.33. The predicted molar refractivity (Wildman–Crippen MR) is 122 cm³/mol. The van der Waals surface area contributed by atoms with Crippen molar-refractivity contribution in [2.75, 3.05) is 39.6 Å². The molecule has 0 aromatic carbocycles. The van der Waals surface area contributed by atoms with E-state index in [1.165, 1.54) is 13.3 Å². The summed E-state index contributed by atoms with van der Waals surface area (Å²) in [5.41, 5.74) is 3.13. The number of imidazole rings is 1. The molecule has 5 heterocycles. The van der Waals surface area contributed by atoms with E-state index in [9.17, 15) is 13.6 Å². The Kier molecular flexibility index (Phi) is 5.31. The van der Waals surface area contributed by atoms with Gasteiger partial charge in [0.05, 0.1) is 25.9 Å². The van der Waals surface area contributed by atoms with Gasteiger partial charge in [0, 0.05) is 37.1 Å². The van der Waals surface area contributed by atoms with Crippen molar-refractivity contribution in [1.29, 1.82) is 0 Å². The number of halogens is 2. The fourth-order valence-electron chi connectivity index (χ4n) is 4.31. The molecule has 0 aliphatic carbocycles. The Morgan fingerprint density at radius 3 is 2.85 bits per heavy atom. The highest BCUT2D eigenvalue weighted by molar-refractivity contribution is 5.93. The van der Waals surface area contributed by atoms with E-state index in [1.54, 1.807) is 46.4 Å². The molecule has 0 spiro atoms. The Hall–Kier alpha value is -3.80. The largest absolute Gasteiger partial charge is 0.479 e. The maximum Gasteiger partial charge on any atom is 0.280 e. The van der Waals surface area contributed by atoms with Crippen molar-refractivity contribution >= 4 is 23.0 Å². The summed E-state index contributed by atoms with van der Waals surface area (Å²) in [4.78, 5) is 22.4. The van der Waals surface area contributed by atoms with Crippen LogP contribution in [0.15, 0.2) is 36.8 Å². The lowest BCUT2D eigenvalue weighted by molar-refractivity contribution is -0.0675. The quantitative estimate of drug-likeness (QED) is 0.461. The molecule has 2 N–H and O–H groups in total. The molecule has 1 aliphatic heterocycles. The van der Waals surface area contributed by atoms with Crippen molar-refractivity contribution in [1.82, 2.24) is 34.2 Å². The molecule has 0 bridgehead atoms. The SMILES string of the molecule is CNC(=O)c1cnc2ccc(-c3ccn4nc(N[C@@H]5CCN(C)CC5(F)F)nc(OC)c34)cn12. The standard InChI is InChI=1S/C22H24F2N8O2/c1-25-19(33)15-10-26-17-5-4-13(11-31(15)17)14-6-9-32-18(14)20(34-3)28-21(29-32)27-16-7-8-30(2)12-22(16,23)24/h4-6,9-11,16H,7-8,12H2,1-3H3,(H,25,33)(H,27,29)/t16-/m1/s1. The second-order valence-corrected chi connectivity index (χ2v) is 8.32. The third kappa shape index (κ3) is 3.69. The molecule has 0 unspecified atom stereocenters. The molecule has 1 atom stereocenters. The number of carbonyl (C=O) groups excluding carboxylic acids is 1. The number of pyridine rings is 1. The molecule has 1 saturated heterocycles. The summed E-state index contributed by atoms with van der Waals surface area (Å²) in [5, 5.41) is 9.80. The maximum absolute atomic E-state index is 14.5. The fraction of sp³-hybridized carbons (Fsp3) is 0.364. The van der Waals surface area contributed by atoms with Crippen molar-refractivity contribution in [3.8, 4) is 17.0 Å². The fourth-order valence-corrected chi connectivity index (χ4v) is 4.31. The second kappa shape index (κ2) is 8.20. The molecule has 1 fully saturated rings. The topological polar surface area (TPSA) is 101 Å². The van der Waals surface area contributed by atoms with Crippen molar-refractivity contribution in [3.63, 3.8) is 0 Å². The number of alkyl halides is 2. The van der Waals surface area contributed by atoms with Gasteiger partial charge in [0.25, 0.3) is 11.8 Å². The number of nitrogens with zero attached hydrogens (tertiary/aromatic N) is 6. The van der Waals surface area contributed by atoms with E-state index < -0.39 is 12.0 Å². The number of piperidine rings is 1. The van der Waals surface area contributed by atoms with Crippen LogP contribution in [-0.2, 0) is 0 Å². The maximum atomic E-state index is 14.5. The third-order valence-electron chi connectivity index (χ3n) is 6.04. The zero-order chi connectivity index (χ0) is 24.0. The van der Waals surface area contributed by atoms with Crippen LogP contribution in [0, 0.1) is 0 Å². The van der Waals surface area contributed by atoms with Gasteiger partial charge in [-0.1, -0.05) is 0 Å². The normalized spacial score (nSPS) is 18.3. The van der Waals surface area contributed by atoms with Gasteiger partial charge < -0.3 is 20.3 Å². The van der Waals surface area contributed by atoms with Crippen LogP contribution in [0.1, 0.15) is 16.9 Å². The minimum Gasteiger partial charge on any atom is -0.479 e. The first-order valence-electron chi connectivity index (χ1n) is 10.8. The Morgan fingerprint density at radius 2 is 2.12 bits per heavy atom. The Labute approximate surface area is 193 Å². The van der Waals surface area contributed by atoms with E-state index >= 15 is 0 Å². The first-order valence-corrected chi connectivity index (χ1v) is 10.8. The molecular formula is C22H24F2N8O2. The molecule has 10 nitrogen and oxygen atoms in total. The average Bonchev–Trinajstić information content (AvgIpc) is 3.43. The van der Waals surface area contributed by atoms with Crippen LogP contribution in [0.4, 0.5) is 14.7 Å². The molecule has 178 valence electrons. The third-order valence-corrected chi connectivity index (χ3v) is 6.04. The molecule has 1 aliphatic rings. The highest BCUT2D eigenvalue weighted by atomic mass is 19.3. The number of methoxy groups -OCH3 is 1. The predicted octanol–water partition coefficient (Wildman–Crippen LogP) is 2.16. The van der Waals surface area contributed by atoms with Gasteiger partial charge in [-0.2, -0.15) is 4.98 Å². The molecule has 12 heteroatoms. The number of aromatic nitrogens is 5. The second-order valence-electron chi connectivity index (χ2n) is 8.32. The molecular weight excluding hydrogens is 446 g/mol. The van der Waals surface area contributed by atoms with Gasteiger partial charge in [0.2, 0.25) is 11.8 Å². The van der Waals surface area contributed by atoms with E-state index in [0.717, 1.165) is 11.1 Å². The van der Waals surface area contributed by atoms with E-state index in [2.05, 4.69) is 25.7 Å². The minimum absolute atomic E-state index is 0.0627. The molecule has 0 radical (unpaired) electrons. The van der Waals surface area contributed by atoms with Gasteiger partial charge >= 0.3 is 0 Å². The average molecular weight is 470 g/mol. The monoisotopic (exact) mass is 470 g/mol. The summed E-state index contributed by atoms with van der Waals surface area (Å²) in [6.07, 6.45) is 5.29. The minimum atomic E-state index is -2.91.